The van der Waals surface area contributed by atoms with Gasteiger partial charge in [0, 0.05) is 0 Å². The molecule has 0 saturated heterocycles. The maximum absolute atomic E-state index is 12.5. The van der Waals surface area contributed by atoms with Crippen molar-refractivity contribution < 1.29 is 30.0 Å². The summed E-state index contributed by atoms with van der Waals surface area (Å²) in [6.45, 7) is 3.17. The second kappa shape index (κ2) is 5.91. The number of benzene rings is 1. The number of alkyl halides is 3. The van der Waals surface area contributed by atoms with Crippen LogP contribution in [-0.4, -0.2) is 41.2 Å². The average molecular weight is 323 g/mol. The molecule has 0 bridgehead atoms. The summed E-state index contributed by atoms with van der Waals surface area (Å²) < 4.78 is 82.1. The Hall–Kier alpha value is -0.793. The molecule has 0 aliphatic rings. The van der Waals surface area contributed by atoms with Gasteiger partial charge in [0.1, 0.15) is 0 Å². The van der Waals surface area contributed by atoms with Crippen LogP contribution in [0.25, 0.3) is 6.08 Å². The molecule has 0 amide bonds. The van der Waals surface area contributed by atoms with Gasteiger partial charge < -0.3 is 0 Å². The fourth-order valence-electron chi connectivity index (χ4n) is 1.22. The van der Waals surface area contributed by atoms with E-state index in [0.29, 0.717) is 6.07 Å². The van der Waals surface area contributed by atoms with E-state index in [9.17, 15) is 30.0 Å². The van der Waals surface area contributed by atoms with E-state index in [1.807, 2.05) is 0 Å². The van der Waals surface area contributed by atoms with E-state index in [4.69, 9.17) is 5.14 Å². The van der Waals surface area contributed by atoms with Crippen LogP contribution in [0.4, 0.5) is 13.2 Å². The second-order valence-electron chi connectivity index (χ2n) is 3.40. The first-order chi connectivity index (χ1) is 8.41. The standard InChI is InChI=1S/C9H8F3NO4S2.Li.H/c1-2-6-3-4-7(19(13,16)17)5-8(6)18(14,15)9(10,11)12;;/h2-5H,1H2,(H2,13,16,17);;. The monoisotopic (exact) mass is 323 g/mol. The van der Waals surface area contributed by atoms with Gasteiger partial charge in [0.25, 0.3) is 9.84 Å². The molecule has 0 heterocycles. The quantitative estimate of drug-likeness (QED) is 0.825. The molecule has 0 aromatic heterocycles. The van der Waals surface area contributed by atoms with Gasteiger partial charge in [0.05, 0.1) is 9.79 Å². The van der Waals surface area contributed by atoms with E-state index in [2.05, 4.69) is 6.58 Å². The van der Waals surface area contributed by atoms with Crippen molar-refractivity contribution in [1.29, 1.82) is 0 Å². The molecule has 108 valence electrons. The van der Waals surface area contributed by atoms with Crippen LogP contribution >= 0.6 is 0 Å². The van der Waals surface area contributed by atoms with Gasteiger partial charge in [0.15, 0.2) is 0 Å². The van der Waals surface area contributed by atoms with Crippen LogP contribution < -0.4 is 5.14 Å². The zero-order chi connectivity index (χ0) is 15.1. The van der Waals surface area contributed by atoms with E-state index < -0.39 is 35.2 Å². The van der Waals surface area contributed by atoms with Crippen LogP contribution in [0, 0.1) is 0 Å². The number of rotatable bonds is 3. The van der Waals surface area contributed by atoms with Crippen molar-refractivity contribution in [1.82, 2.24) is 0 Å². The Kier molecular flexibility index (Phi) is 5.67. The van der Waals surface area contributed by atoms with Crippen molar-refractivity contribution in [2.75, 3.05) is 0 Å². The SMILES string of the molecule is C=Cc1ccc(S(N)(=O)=O)cc1S(=O)(=O)C(F)(F)F.[LiH]. The summed E-state index contributed by atoms with van der Waals surface area (Å²) in [5.41, 5.74) is -5.92. The average Bonchev–Trinajstić information content (AvgIpc) is 2.25. The zero-order valence-electron chi connectivity index (χ0n) is 9.18. The molecule has 1 aromatic rings. The minimum absolute atomic E-state index is 0. The molecule has 0 aliphatic carbocycles. The van der Waals surface area contributed by atoms with E-state index in [0.717, 1.165) is 18.2 Å². The molecule has 0 unspecified atom stereocenters. The van der Waals surface area contributed by atoms with Gasteiger partial charge in [-0.3, -0.25) is 0 Å². The van der Waals surface area contributed by atoms with E-state index in [1.54, 1.807) is 0 Å². The summed E-state index contributed by atoms with van der Waals surface area (Å²) in [5.74, 6) is 0. The van der Waals surface area contributed by atoms with E-state index in [-0.39, 0.29) is 24.4 Å². The summed E-state index contributed by atoms with van der Waals surface area (Å²) in [5, 5.41) is 4.74. The van der Waals surface area contributed by atoms with Gasteiger partial charge >= 0.3 is 24.4 Å². The Morgan fingerprint density at radius 3 is 2.00 bits per heavy atom. The van der Waals surface area contributed by atoms with Crippen LogP contribution in [0.1, 0.15) is 5.56 Å². The molecule has 1 aromatic carbocycles. The summed E-state index contributed by atoms with van der Waals surface area (Å²) >= 11 is 0. The first kappa shape index (κ1) is 19.2. The molecule has 0 atom stereocenters. The van der Waals surface area contributed by atoms with Crippen molar-refractivity contribution in [3.8, 4) is 0 Å². The number of primary sulfonamides is 1. The fourth-order valence-corrected chi connectivity index (χ4v) is 2.83. The van der Waals surface area contributed by atoms with Crippen LogP contribution in [0.2, 0.25) is 0 Å². The Balaban J connectivity index is 0.00000361. The van der Waals surface area contributed by atoms with Crippen LogP contribution in [0.3, 0.4) is 0 Å². The van der Waals surface area contributed by atoms with Gasteiger partial charge in [-0.1, -0.05) is 18.7 Å². The first-order valence-electron chi connectivity index (χ1n) is 4.52. The number of sulfone groups is 1. The molecule has 0 spiro atoms. The number of hydrogen-bond donors (Lipinski definition) is 1. The van der Waals surface area contributed by atoms with Crippen LogP contribution in [0.15, 0.2) is 34.6 Å². The predicted octanol–water partition coefficient (Wildman–Crippen LogP) is 0.622. The molecule has 5 nitrogen and oxygen atoms in total. The normalized spacial score (nSPS) is 12.6. The molecule has 0 aliphatic heterocycles. The molecular weight excluding hydrogens is 314 g/mol. The second-order valence-corrected chi connectivity index (χ2v) is 6.87. The summed E-state index contributed by atoms with van der Waals surface area (Å²) in [7, 11) is -10.0. The Bertz CT molecular complexity index is 726. The number of halogens is 3. The maximum atomic E-state index is 12.5. The summed E-state index contributed by atoms with van der Waals surface area (Å²) in [6, 6.07) is 2.13. The van der Waals surface area contributed by atoms with Gasteiger partial charge in [-0.2, -0.15) is 13.2 Å². The Morgan fingerprint density at radius 1 is 1.15 bits per heavy atom. The van der Waals surface area contributed by atoms with Crippen molar-refractivity contribution in [2.24, 2.45) is 5.14 Å². The van der Waals surface area contributed by atoms with E-state index >= 15 is 0 Å². The van der Waals surface area contributed by atoms with Gasteiger partial charge in [-0.25, -0.2) is 22.0 Å². The number of sulfonamides is 1. The third-order valence-electron chi connectivity index (χ3n) is 2.13. The Labute approximate surface area is 125 Å². The molecule has 2 N–H and O–H groups in total. The fraction of sp³-hybridized carbons (Fsp3) is 0.111. The topological polar surface area (TPSA) is 94.3 Å². The minimum atomic E-state index is -5.69. The molecule has 0 radical (unpaired) electrons. The van der Waals surface area contributed by atoms with Crippen molar-refractivity contribution >= 4 is 44.8 Å². The number of hydrogen-bond acceptors (Lipinski definition) is 4. The molecule has 1 rings (SSSR count). The van der Waals surface area contributed by atoms with E-state index in [1.165, 1.54) is 0 Å². The molecule has 0 fully saturated rings. The third kappa shape index (κ3) is 3.65. The van der Waals surface area contributed by atoms with Gasteiger partial charge in [-0.15, -0.1) is 0 Å². The van der Waals surface area contributed by atoms with Crippen molar-refractivity contribution in [3.05, 3.63) is 30.3 Å². The third-order valence-corrected chi connectivity index (χ3v) is 4.58. The molecule has 0 saturated carbocycles. The molecular formula is C9H9F3LiNO4S2. The Morgan fingerprint density at radius 2 is 1.65 bits per heavy atom. The molecule has 11 heteroatoms. The number of nitrogens with two attached hydrogens (primary N) is 1. The summed E-state index contributed by atoms with van der Waals surface area (Å²) in [6.07, 6.45) is 0.867. The van der Waals surface area contributed by atoms with Crippen molar-refractivity contribution in [3.63, 3.8) is 0 Å². The van der Waals surface area contributed by atoms with Crippen LogP contribution in [0.5, 0.6) is 0 Å². The molecule has 20 heavy (non-hydrogen) atoms. The van der Waals surface area contributed by atoms with Gasteiger partial charge in [0.2, 0.25) is 10.0 Å². The van der Waals surface area contributed by atoms with Gasteiger partial charge in [-0.05, 0) is 17.7 Å². The first-order valence-corrected chi connectivity index (χ1v) is 7.55. The zero-order valence-corrected chi connectivity index (χ0v) is 10.8. The summed E-state index contributed by atoms with van der Waals surface area (Å²) in [4.78, 5) is -1.94. The predicted molar refractivity (Wildman–Crippen MR) is 68.3 cm³/mol. The van der Waals surface area contributed by atoms with Crippen LogP contribution in [-0.2, 0) is 19.9 Å². The van der Waals surface area contributed by atoms with Crippen molar-refractivity contribution in [2.45, 2.75) is 15.3 Å².